The van der Waals surface area contributed by atoms with Gasteiger partial charge in [0.2, 0.25) is 0 Å². The Morgan fingerprint density at radius 1 is 1.18 bits per heavy atom. The molecule has 33 heavy (non-hydrogen) atoms. The van der Waals surface area contributed by atoms with Crippen molar-refractivity contribution in [3.05, 3.63) is 89.8 Å². The molecule has 2 unspecified atom stereocenters. The van der Waals surface area contributed by atoms with Gasteiger partial charge in [-0.2, -0.15) is 0 Å². The fourth-order valence-electron chi connectivity index (χ4n) is 4.00. The van der Waals surface area contributed by atoms with Crippen LogP contribution in [-0.2, 0) is 17.8 Å². The maximum atomic E-state index is 13.3. The number of benzene rings is 2. The maximum absolute atomic E-state index is 13.3. The first kappa shape index (κ1) is 25.2. The molecular formula is C25H31FIN5O. The van der Waals surface area contributed by atoms with Crippen molar-refractivity contribution in [2.45, 2.75) is 39.1 Å². The van der Waals surface area contributed by atoms with Crippen LogP contribution in [0.2, 0.25) is 0 Å². The predicted molar refractivity (Wildman–Crippen MR) is 139 cm³/mol. The van der Waals surface area contributed by atoms with Crippen LogP contribution in [0.25, 0.3) is 0 Å². The number of hydrogen-bond acceptors (Lipinski definition) is 3. The van der Waals surface area contributed by atoms with E-state index in [-0.39, 0.29) is 42.0 Å². The van der Waals surface area contributed by atoms with E-state index >= 15 is 0 Å². The lowest BCUT2D eigenvalue weighted by Gasteiger charge is -2.38. The zero-order chi connectivity index (χ0) is 22.3. The van der Waals surface area contributed by atoms with Crippen LogP contribution in [0.4, 0.5) is 4.39 Å². The van der Waals surface area contributed by atoms with E-state index in [2.05, 4.69) is 57.9 Å². The maximum Gasteiger partial charge on any atom is 0.194 e. The van der Waals surface area contributed by atoms with Crippen molar-refractivity contribution in [3.8, 4) is 0 Å². The van der Waals surface area contributed by atoms with E-state index < -0.39 is 0 Å². The van der Waals surface area contributed by atoms with Gasteiger partial charge in [-0.3, -0.25) is 0 Å². The molecule has 2 aromatic carbocycles. The van der Waals surface area contributed by atoms with E-state index in [1.54, 1.807) is 18.3 Å². The third-order valence-electron chi connectivity index (χ3n) is 5.46. The minimum atomic E-state index is -0.236. The molecule has 2 atom stereocenters. The third-order valence-corrected chi connectivity index (χ3v) is 5.46. The molecule has 8 heteroatoms. The molecule has 0 amide bonds. The molecule has 3 aromatic rings. The number of imidazole rings is 1. The summed E-state index contributed by atoms with van der Waals surface area (Å²) in [7, 11) is 0. The molecular weight excluding hydrogens is 532 g/mol. The molecule has 1 aliphatic rings. The topological polar surface area (TPSA) is 54.7 Å². The lowest BCUT2D eigenvalue weighted by Crippen LogP contribution is -2.50. The van der Waals surface area contributed by atoms with Crippen LogP contribution < -0.4 is 5.32 Å². The van der Waals surface area contributed by atoms with Gasteiger partial charge < -0.3 is 19.5 Å². The molecule has 2 heterocycles. The van der Waals surface area contributed by atoms with Crippen molar-refractivity contribution < 1.29 is 9.13 Å². The molecule has 0 spiro atoms. The Labute approximate surface area is 211 Å². The molecule has 1 fully saturated rings. The van der Waals surface area contributed by atoms with Crippen LogP contribution in [0.15, 0.2) is 72.2 Å². The fraction of sp³-hybridized carbons (Fsp3) is 0.360. The Kier molecular flexibility index (Phi) is 9.25. The van der Waals surface area contributed by atoms with Crippen LogP contribution in [-0.4, -0.2) is 46.1 Å². The number of aliphatic imine (C=N–C) groups is 1. The predicted octanol–water partition coefficient (Wildman–Crippen LogP) is 4.62. The average molecular weight is 563 g/mol. The van der Waals surface area contributed by atoms with Crippen LogP contribution in [0.1, 0.15) is 36.6 Å². The van der Waals surface area contributed by atoms with Crippen LogP contribution in [0.5, 0.6) is 0 Å². The zero-order valence-corrected chi connectivity index (χ0v) is 21.4. The molecule has 1 N–H and O–H groups in total. The summed E-state index contributed by atoms with van der Waals surface area (Å²) in [5.41, 5.74) is 3.36. The second-order valence-corrected chi connectivity index (χ2v) is 8.12. The van der Waals surface area contributed by atoms with Crippen molar-refractivity contribution in [2.75, 3.05) is 19.6 Å². The zero-order valence-electron chi connectivity index (χ0n) is 19.0. The minimum absolute atomic E-state index is 0. The fourth-order valence-corrected chi connectivity index (χ4v) is 4.00. The quantitative estimate of drug-likeness (QED) is 0.271. The van der Waals surface area contributed by atoms with Gasteiger partial charge in [0.15, 0.2) is 5.96 Å². The van der Waals surface area contributed by atoms with Crippen LogP contribution in [0, 0.1) is 5.82 Å². The number of nitrogens with zero attached hydrogens (tertiary/aromatic N) is 4. The van der Waals surface area contributed by atoms with E-state index in [1.807, 2.05) is 12.5 Å². The van der Waals surface area contributed by atoms with Gasteiger partial charge in [0.05, 0.1) is 25.5 Å². The van der Waals surface area contributed by atoms with E-state index in [9.17, 15) is 4.39 Å². The van der Waals surface area contributed by atoms with E-state index in [0.29, 0.717) is 13.1 Å². The Morgan fingerprint density at radius 2 is 1.97 bits per heavy atom. The first-order valence-electron chi connectivity index (χ1n) is 11.1. The van der Waals surface area contributed by atoms with Crippen molar-refractivity contribution in [1.82, 2.24) is 19.8 Å². The third kappa shape index (κ3) is 7.01. The van der Waals surface area contributed by atoms with Crippen molar-refractivity contribution >= 4 is 29.9 Å². The van der Waals surface area contributed by atoms with E-state index in [4.69, 9.17) is 9.73 Å². The van der Waals surface area contributed by atoms with E-state index in [1.165, 1.54) is 17.7 Å². The standard InChI is InChI=1S/C25H30FN5O.HI/c1-3-28-25(29-14-20-5-4-6-21(13-20)16-30-12-11-27-18-30)31-15-19(2)32-24(17-31)22-7-9-23(26)10-8-22;/h4-13,18-19,24H,3,14-17H2,1-2H3,(H,28,29);1H. The normalized spacial score (nSPS) is 18.6. The van der Waals surface area contributed by atoms with Crippen LogP contribution >= 0.6 is 24.0 Å². The highest BCUT2D eigenvalue weighted by Gasteiger charge is 2.28. The summed E-state index contributed by atoms with van der Waals surface area (Å²) in [6.45, 7) is 7.72. The summed E-state index contributed by atoms with van der Waals surface area (Å²) in [6, 6.07) is 15.1. The highest BCUT2D eigenvalue weighted by molar-refractivity contribution is 14.0. The van der Waals surface area contributed by atoms with Crippen molar-refractivity contribution in [3.63, 3.8) is 0 Å². The van der Waals surface area contributed by atoms with Gasteiger partial charge >= 0.3 is 0 Å². The highest BCUT2D eigenvalue weighted by atomic mass is 127. The number of nitrogens with one attached hydrogen (secondary N) is 1. The number of aromatic nitrogens is 2. The lowest BCUT2D eigenvalue weighted by molar-refractivity contribution is -0.0605. The molecule has 176 valence electrons. The Balaban J connectivity index is 0.00000306. The van der Waals surface area contributed by atoms with Crippen LogP contribution in [0.3, 0.4) is 0 Å². The van der Waals surface area contributed by atoms with Gasteiger partial charge in [0.1, 0.15) is 11.9 Å². The molecule has 0 saturated carbocycles. The van der Waals surface area contributed by atoms with Gasteiger partial charge in [-0.25, -0.2) is 14.4 Å². The van der Waals surface area contributed by atoms with Gasteiger partial charge in [-0.05, 0) is 42.7 Å². The smallest absolute Gasteiger partial charge is 0.194 e. The Bertz CT molecular complexity index is 1030. The first-order chi connectivity index (χ1) is 15.6. The van der Waals surface area contributed by atoms with Crippen molar-refractivity contribution in [2.24, 2.45) is 4.99 Å². The van der Waals surface area contributed by atoms with Gasteiger partial charge in [0, 0.05) is 32.0 Å². The molecule has 1 aromatic heterocycles. The Morgan fingerprint density at radius 3 is 2.70 bits per heavy atom. The number of halogens is 2. The van der Waals surface area contributed by atoms with E-state index in [0.717, 1.165) is 36.7 Å². The molecule has 0 aliphatic carbocycles. The molecule has 0 radical (unpaired) electrons. The molecule has 1 aliphatic heterocycles. The second-order valence-electron chi connectivity index (χ2n) is 8.12. The van der Waals surface area contributed by atoms with Crippen molar-refractivity contribution in [1.29, 1.82) is 0 Å². The monoisotopic (exact) mass is 563 g/mol. The molecule has 1 saturated heterocycles. The summed E-state index contributed by atoms with van der Waals surface area (Å²) >= 11 is 0. The number of hydrogen-bond donors (Lipinski definition) is 1. The summed E-state index contributed by atoms with van der Waals surface area (Å²) in [6.07, 6.45) is 5.50. The summed E-state index contributed by atoms with van der Waals surface area (Å²) in [5, 5.41) is 3.42. The highest BCUT2D eigenvalue weighted by Crippen LogP contribution is 2.25. The second kappa shape index (κ2) is 12.1. The summed E-state index contributed by atoms with van der Waals surface area (Å²) in [4.78, 5) is 11.3. The lowest BCUT2D eigenvalue weighted by atomic mass is 10.1. The van der Waals surface area contributed by atoms with Gasteiger partial charge in [-0.15, -0.1) is 24.0 Å². The SMILES string of the molecule is CCNC(=NCc1cccc(Cn2ccnc2)c1)N1CC(C)OC(c2ccc(F)cc2)C1.I. The number of rotatable bonds is 6. The first-order valence-corrected chi connectivity index (χ1v) is 11.1. The van der Waals surface area contributed by atoms with Gasteiger partial charge in [-0.1, -0.05) is 36.4 Å². The summed E-state index contributed by atoms with van der Waals surface area (Å²) < 4.78 is 21.5. The van der Waals surface area contributed by atoms with Gasteiger partial charge in [0.25, 0.3) is 0 Å². The average Bonchev–Trinajstić information content (AvgIpc) is 3.30. The number of guanidine groups is 1. The molecule has 6 nitrogen and oxygen atoms in total. The summed E-state index contributed by atoms with van der Waals surface area (Å²) in [5.74, 6) is 0.634. The molecule has 4 rings (SSSR count). The molecule has 0 bridgehead atoms. The largest absolute Gasteiger partial charge is 0.367 e. The minimum Gasteiger partial charge on any atom is -0.367 e. The Hall–Kier alpha value is -2.46. The number of morpholine rings is 1. The number of ether oxygens (including phenoxy) is 1.